The Morgan fingerprint density at radius 3 is 2.86 bits per heavy atom. The Labute approximate surface area is 124 Å². The SMILES string of the molecule is CCCNC(C)c1ncc(-c2ccc3c(c2)OCCO3)o1. The predicted octanol–water partition coefficient (Wildman–Crippen LogP) is 3.17. The maximum Gasteiger partial charge on any atom is 0.211 e. The molecule has 112 valence electrons. The minimum absolute atomic E-state index is 0.107. The monoisotopic (exact) mass is 288 g/mol. The van der Waals surface area contributed by atoms with Gasteiger partial charge in [-0.15, -0.1) is 0 Å². The molecule has 0 radical (unpaired) electrons. The first kappa shape index (κ1) is 13.9. The van der Waals surface area contributed by atoms with Gasteiger partial charge < -0.3 is 19.2 Å². The molecule has 2 heterocycles. The van der Waals surface area contributed by atoms with Crippen LogP contribution in [0.4, 0.5) is 0 Å². The zero-order valence-corrected chi connectivity index (χ0v) is 12.4. The molecule has 5 heteroatoms. The summed E-state index contributed by atoms with van der Waals surface area (Å²) in [6, 6.07) is 5.91. The minimum Gasteiger partial charge on any atom is -0.486 e. The van der Waals surface area contributed by atoms with E-state index in [1.807, 2.05) is 18.2 Å². The van der Waals surface area contributed by atoms with Crippen molar-refractivity contribution >= 4 is 0 Å². The fraction of sp³-hybridized carbons (Fsp3) is 0.438. The Morgan fingerprint density at radius 2 is 2.05 bits per heavy atom. The lowest BCUT2D eigenvalue weighted by atomic mass is 10.1. The van der Waals surface area contributed by atoms with Crippen molar-refractivity contribution in [3.63, 3.8) is 0 Å². The van der Waals surface area contributed by atoms with Crippen molar-refractivity contribution in [3.8, 4) is 22.8 Å². The maximum absolute atomic E-state index is 5.85. The molecule has 1 aliphatic heterocycles. The smallest absolute Gasteiger partial charge is 0.211 e. The number of aromatic nitrogens is 1. The lowest BCUT2D eigenvalue weighted by Gasteiger charge is -2.18. The molecule has 1 N–H and O–H groups in total. The standard InChI is InChI=1S/C16H20N2O3/c1-3-6-17-11(2)16-18-10-15(21-16)12-4-5-13-14(9-12)20-8-7-19-13/h4-5,9-11,17H,3,6-8H2,1-2H3. The number of hydrogen-bond acceptors (Lipinski definition) is 5. The third-order valence-corrected chi connectivity index (χ3v) is 3.42. The molecule has 21 heavy (non-hydrogen) atoms. The molecule has 1 aliphatic rings. The Morgan fingerprint density at radius 1 is 1.24 bits per heavy atom. The fourth-order valence-electron chi connectivity index (χ4n) is 2.27. The molecule has 0 bridgehead atoms. The highest BCUT2D eigenvalue weighted by atomic mass is 16.6. The van der Waals surface area contributed by atoms with Crippen molar-refractivity contribution in [1.29, 1.82) is 0 Å². The number of oxazole rings is 1. The van der Waals surface area contributed by atoms with Crippen LogP contribution in [0.25, 0.3) is 11.3 Å². The molecule has 1 atom stereocenters. The number of nitrogens with one attached hydrogen (secondary N) is 1. The first-order chi connectivity index (χ1) is 10.3. The summed E-state index contributed by atoms with van der Waals surface area (Å²) >= 11 is 0. The van der Waals surface area contributed by atoms with Gasteiger partial charge in [0.15, 0.2) is 17.3 Å². The van der Waals surface area contributed by atoms with E-state index in [9.17, 15) is 0 Å². The third-order valence-electron chi connectivity index (χ3n) is 3.42. The molecule has 1 aromatic carbocycles. The molecular formula is C16H20N2O3. The van der Waals surface area contributed by atoms with Crippen molar-refractivity contribution in [1.82, 2.24) is 10.3 Å². The van der Waals surface area contributed by atoms with Gasteiger partial charge in [-0.25, -0.2) is 4.98 Å². The number of nitrogens with zero attached hydrogens (tertiary/aromatic N) is 1. The molecule has 1 aromatic heterocycles. The number of ether oxygens (including phenoxy) is 2. The summed E-state index contributed by atoms with van der Waals surface area (Å²) < 4.78 is 17.0. The van der Waals surface area contributed by atoms with Crippen molar-refractivity contribution in [2.75, 3.05) is 19.8 Å². The Kier molecular flexibility index (Phi) is 4.10. The minimum atomic E-state index is 0.107. The zero-order valence-electron chi connectivity index (χ0n) is 12.4. The van der Waals surface area contributed by atoms with E-state index in [0.717, 1.165) is 35.8 Å². The van der Waals surface area contributed by atoms with Gasteiger partial charge in [-0.3, -0.25) is 0 Å². The molecular weight excluding hydrogens is 268 g/mol. The van der Waals surface area contributed by atoms with Crippen LogP contribution in [0.1, 0.15) is 32.2 Å². The van der Waals surface area contributed by atoms with Gasteiger partial charge in [0, 0.05) is 5.56 Å². The highest BCUT2D eigenvalue weighted by Gasteiger charge is 2.16. The van der Waals surface area contributed by atoms with Gasteiger partial charge in [0.1, 0.15) is 13.2 Å². The second-order valence-corrected chi connectivity index (χ2v) is 5.10. The molecule has 0 spiro atoms. The molecule has 2 aromatic rings. The average Bonchev–Trinajstić information content (AvgIpc) is 3.02. The lowest BCUT2D eigenvalue weighted by molar-refractivity contribution is 0.171. The van der Waals surface area contributed by atoms with Crippen molar-refractivity contribution in [2.45, 2.75) is 26.3 Å². The second kappa shape index (κ2) is 6.18. The molecule has 1 unspecified atom stereocenters. The molecule has 3 rings (SSSR count). The van der Waals surface area contributed by atoms with E-state index >= 15 is 0 Å². The maximum atomic E-state index is 5.85. The highest BCUT2D eigenvalue weighted by Crippen LogP contribution is 2.35. The number of benzene rings is 1. The van der Waals surface area contributed by atoms with Gasteiger partial charge in [-0.05, 0) is 38.1 Å². The Bertz CT molecular complexity index is 609. The first-order valence-corrected chi connectivity index (χ1v) is 7.37. The van der Waals surface area contributed by atoms with Crippen LogP contribution in [0.2, 0.25) is 0 Å². The van der Waals surface area contributed by atoms with Gasteiger partial charge in [0.2, 0.25) is 5.89 Å². The van der Waals surface area contributed by atoms with E-state index in [0.29, 0.717) is 19.1 Å². The lowest BCUT2D eigenvalue weighted by Crippen LogP contribution is -2.19. The molecule has 0 aliphatic carbocycles. The second-order valence-electron chi connectivity index (χ2n) is 5.10. The summed E-state index contributed by atoms with van der Waals surface area (Å²) in [5.74, 6) is 2.98. The molecule has 5 nitrogen and oxygen atoms in total. The Balaban J connectivity index is 1.79. The predicted molar refractivity (Wildman–Crippen MR) is 79.6 cm³/mol. The van der Waals surface area contributed by atoms with E-state index in [2.05, 4.69) is 24.1 Å². The van der Waals surface area contributed by atoms with Crippen LogP contribution in [0.5, 0.6) is 11.5 Å². The topological polar surface area (TPSA) is 56.5 Å². The molecule has 0 amide bonds. The van der Waals surface area contributed by atoms with Crippen LogP contribution in [0, 0.1) is 0 Å². The number of hydrogen-bond donors (Lipinski definition) is 1. The van der Waals surface area contributed by atoms with Crippen molar-refractivity contribution in [2.24, 2.45) is 0 Å². The fourth-order valence-corrected chi connectivity index (χ4v) is 2.27. The zero-order chi connectivity index (χ0) is 14.7. The van der Waals surface area contributed by atoms with Gasteiger partial charge in [0.25, 0.3) is 0 Å². The quantitative estimate of drug-likeness (QED) is 0.915. The first-order valence-electron chi connectivity index (χ1n) is 7.37. The largest absolute Gasteiger partial charge is 0.486 e. The summed E-state index contributed by atoms with van der Waals surface area (Å²) in [7, 11) is 0. The number of fused-ring (bicyclic) bond motifs is 1. The van der Waals surface area contributed by atoms with E-state index in [1.165, 1.54) is 0 Å². The molecule has 0 saturated heterocycles. The van der Waals surface area contributed by atoms with Crippen molar-refractivity contribution in [3.05, 3.63) is 30.3 Å². The normalized spacial score (nSPS) is 15.0. The van der Waals surface area contributed by atoms with Gasteiger partial charge in [-0.1, -0.05) is 6.92 Å². The molecule has 0 fully saturated rings. The summed E-state index contributed by atoms with van der Waals surface area (Å²) in [6.45, 7) is 6.31. The molecule has 0 saturated carbocycles. The van der Waals surface area contributed by atoms with Crippen LogP contribution in [0.3, 0.4) is 0 Å². The average molecular weight is 288 g/mol. The van der Waals surface area contributed by atoms with Crippen LogP contribution in [-0.2, 0) is 0 Å². The van der Waals surface area contributed by atoms with Crippen LogP contribution in [-0.4, -0.2) is 24.7 Å². The van der Waals surface area contributed by atoms with E-state index in [-0.39, 0.29) is 6.04 Å². The van der Waals surface area contributed by atoms with Crippen LogP contribution < -0.4 is 14.8 Å². The van der Waals surface area contributed by atoms with E-state index in [4.69, 9.17) is 13.9 Å². The van der Waals surface area contributed by atoms with Crippen LogP contribution in [0.15, 0.2) is 28.8 Å². The van der Waals surface area contributed by atoms with Crippen LogP contribution >= 0.6 is 0 Å². The summed E-state index contributed by atoms with van der Waals surface area (Å²) in [4.78, 5) is 4.36. The van der Waals surface area contributed by atoms with E-state index in [1.54, 1.807) is 6.20 Å². The van der Waals surface area contributed by atoms with Crippen molar-refractivity contribution < 1.29 is 13.9 Å². The Hall–Kier alpha value is -2.01. The summed E-state index contributed by atoms with van der Waals surface area (Å²) in [5, 5.41) is 3.36. The van der Waals surface area contributed by atoms with E-state index < -0.39 is 0 Å². The number of rotatable bonds is 5. The van der Waals surface area contributed by atoms with Gasteiger partial charge >= 0.3 is 0 Å². The summed E-state index contributed by atoms with van der Waals surface area (Å²) in [5.41, 5.74) is 0.945. The third kappa shape index (κ3) is 3.03. The highest BCUT2D eigenvalue weighted by molar-refractivity contribution is 5.62. The summed E-state index contributed by atoms with van der Waals surface area (Å²) in [6.07, 6.45) is 2.84. The van der Waals surface area contributed by atoms with Gasteiger partial charge in [0.05, 0.1) is 12.2 Å². The van der Waals surface area contributed by atoms with Gasteiger partial charge in [-0.2, -0.15) is 0 Å².